The molecule has 0 aliphatic carbocycles. The lowest BCUT2D eigenvalue weighted by Gasteiger charge is -2.27. The highest BCUT2D eigenvalue weighted by molar-refractivity contribution is 5.78. The lowest BCUT2D eigenvalue weighted by atomic mass is 10.2. The second-order valence-electron chi connectivity index (χ2n) is 5.52. The van der Waals surface area contributed by atoms with Crippen LogP contribution >= 0.6 is 0 Å². The van der Waals surface area contributed by atoms with Crippen LogP contribution in [0.15, 0.2) is 0 Å². The van der Waals surface area contributed by atoms with Crippen LogP contribution in [0.4, 0.5) is 0 Å². The topological polar surface area (TPSA) is 73.5 Å². The van der Waals surface area contributed by atoms with Gasteiger partial charge in [-0.2, -0.15) is 0 Å². The van der Waals surface area contributed by atoms with Gasteiger partial charge in [-0.3, -0.25) is 14.5 Å². The third-order valence-electron chi connectivity index (χ3n) is 3.22. The molecule has 0 spiro atoms. The van der Waals surface area contributed by atoms with E-state index in [-0.39, 0.29) is 17.9 Å². The van der Waals surface area contributed by atoms with Gasteiger partial charge in [0.05, 0.1) is 0 Å². The van der Waals surface area contributed by atoms with Crippen LogP contribution in [-0.2, 0) is 9.59 Å². The predicted octanol–water partition coefficient (Wildman–Crippen LogP) is -0.297. The second-order valence-corrected chi connectivity index (χ2v) is 5.52. The number of hydrogen-bond acceptors (Lipinski definition) is 4. The van der Waals surface area contributed by atoms with Crippen molar-refractivity contribution in [1.29, 1.82) is 0 Å². The van der Waals surface area contributed by atoms with Crippen molar-refractivity contribution in [3.8, 4) is 0 Å². The van der Waals surface area contributed by atoms with Crippen molar-refractivity contribution in [2.75, 3.05) is 39.3 Å². The summed E-state index contributed by atoms with van der Waals surface area (Å²) in [6.07, 6.45) is 1.45. The van der Waals surface area contributed by atoms with E-state index in [9.17, 15) is 9.59 Å². The summed E-state index contributed by atoms with van der Waals surface area (Å²) in [5, 5.41) is 9.03. The van der Waals surface area contributed by atoms with E-state index in [0.29, 0.717) is 25.8 Å². The number of nitrogens with one attached hydrogen (secondary N) is 3. The van der Waals surface area contributed by atoms with E-state index in [1.807, 2.05) is 13.8 Å². The highest BCUT2D eigenvalue weighted by atomic mass is 16.2. The molecular formula is C14H28N4O2. The van der Waals surface area contributed by atoms with Crippen LogP contribution in [0.25, 0.3) is 0 Å². The number of hydrogen-bond donors (Lipinski definition) is 3. The van der Waals surface area contributed by atoms with Crippen LogP contribution in [0, 0.1) is 0 Å². The quantitative estimate of drug-likeness (QED) is 0.572. The molecule has 0 atom stereocenters. The summed E-state index contributed by atoms with van der Waals surface area (Å²) >= 11 is 0. The first-order chi connectivity index (χ1) is 9.58. The van der Waals surface area contributed by atoms with Gasteiger partial charge in [0.2, 0.25) is 11.8 Å². The molecular weight excluding hydrogens is 256 g/mol. The largest absolute Gasteiger partial charge is 0.355 e. The molecule has 0 bridgehead atoms. The Morgan fingerprint density at radius 3 is 2.45 bits per heavy atom. The summed E-state index contributed by atoms with van der Waals surface area (Å²) in [5.41, 5.74) is 0. The van der Waals surface area contributed by atoms with Crippen molar-refractivity contribution in [3.63, 3.8) is 0 Å². The SMILES string of the molecule is CC(C)NC(=O)CCCC(=O)NCCN1CCNCC1. The van der Waals surface area contributed by atoms with E-state index in [2.05, 4.69) is 20.9 Å². The molecule has 6 nitrogen and oxygen atoms in total. The third kappa shape index (κ3) is 8.12. The minimum atomic E-state index is 0.0219. The smallest absolute Gasteiger partial charge is 0.220 e. The zero-order valence-corrected chi connectivity index (χ0v) is 12.7. The fraction of sp³-hybridized carbons (Fsp3) is 0.857. The number of piperazine rings is 1. The Hall–Kier alpha value is -1.14. The van der Waals surface area contributed by atoms with Crippen LogP contribution in [0.5, 0.6) is 0 Å². The number of carbonyl (C=O) groups is 2. The molecule has 1 rings (SSSR count). The first kappa shape index (κ1) is 16.9. The van der Waals surface area contributed by atoms with Crippen molar-refractivity contribution in [3.05, 3.63) is 0 Å². The maximum atomic E-state index is 11.6. The van der Waals surface area contributed by atoms with Crippen molar-refractivity contribution < 1.29 is 9.59 Å². The van der Waals surface area contributed by atoms with Gasteiger partial charge in [-0.1, -0.05) is 0 Å². The third-order valence-corrected chi connectivity index (χ3v) is 3.22. The first-order valence-electron chi connectivity index (χ1n) is 7.57. The Bertz CT molecular complexity index is 302. The zero-order valence-electron chi connectivity index (χ0n) is 12.7. The average Bonchev–Trinajstić information content (AvgIpc) is 2.39. The van der Waals surface area contributed by atoms with Crippen LogP contribution in [0.2, 0.25) is 0 Å². The first-order valence-corrected chi connectivity index (χ1v) is 7.57. The van der Waals surface area contributed by atoms with Crippen molar-refractivity contribution in [2.24, 2.45) is 0 Å². The molecule has 20 heavy (non-hydrogen) atoms. The van der Waals surface area contributed by atoms with Gasteiger partial charge in [-0.15, -0.1) is 0 Å². The summed E-state index contributed by atoms with van der Waals surface area (Å²) in [7, 11) is 0. The van der Waals surface area contributed by atoms with Gasteiger partial charge in [0.25, 0.3) is 0 Å². The molecule has 116 valence electrons. The van der Waals surface area contributed by atoms with Crippen LogP contribution in [0.3, 0.4) is 0 Å². The number of nitrogens with zero attached hydrogens (tertiary/aromatic N) is 1. The van der Waals surface area contributed by atoms with E-state index >= 15 is 0 Å². The van der Waals surface area contributed by atoms with Crippen LogP contribution in [0.1, 0.15) is 33.1 Å². The molecule has 1 heterocycles. The Balaban J connectivity index is 1.98. The van der Waals surface area contributed by atoms with Gasteiger partial charge in [-0.05, 0) is 20.3 Å². The lowest BCUT2D eigenvalue weighted by molar-refractivity contribution is -0.122. The lowest BCUT2D eigenvalue weighted by Crippen LogP contribution is -2.46. The normalized spacial score (nSPS) is 16.1. The maximum Gasteiger partial charge on any atom is 0.220 e. The minimum Gasteiger partial charge on any atom is -0.355 e. The molecule has 6 heteroatoms. The molecule has 0 aromatic heterocycles. The Kier molecular flexibility index (Phi) is 8.22. The van der Waals surface area contributed by atoms with Gasteiger partial charge >= 0.3 is 0 Å². The number of amides is 2. The fourth-order valence-electron chi connectivity index (χ4n) is 2.18. The van der Waals surface area contributed by atoms with Crippen molar-refractivity contribution >= 4 is 11.8 Å². The summed E-state index contributed by atoms with van der Waals surface area (Å²) in [4.78, 5) is 25.4. The fourth-order valence-corrected chi connectivity index (χ4v) is 2.18. The second kappa shape index (κ2) is 9.72. The van der Waals surface area contributed by atoms with Crippen molar-refractivity contribution in [2.45, 2.75) is 39.2 Å². The van der Waals surface area contributed by atoms with Crippen LogP contribution < -0.4 is 16.0 Å². The highest BCUT2D eigenvalue weighted by Gasteiger charge is 2.10. The molecule has 1 saturated heterocycles. The molecule has 0 aromatic rings. The Morgan fingerprint density at radius 2 is 1.80 bits per heavy atom. The molecule has 1 aliphatic rings. The van der Waals surface area contributed by atoms with E-state index in [1.165, 1.54) is 0 Å². The van der Waals surface area contributed by atoms with Crippen LogP contribution in [-0.4, -0.2) is 62.0 Å². The molecule has 1 aliphatic heterocycles. The molecule has 2 amide bonds. The Labute approximate surface area is 121 Å². The van der Waals surface area contributed by atoms with Crippen molar-refractivity contribution in [1.82, 2.24) is 20.9 Å². The van der Waals surface area contributed by atoms with Gasteiger partial charge in [-0.25, -0.2) is 0 Å². The summed E-state index contributed by atoms with van der Waals surface area (Å²) in [6, 6.07) is 0.162. The number of carbonyl (C=O) groups excluding carboxylic acids is 2. The summed E-state index contributed by atoms with van der Waals surface area (Å²) in [5.74, 6) is 0.0612. The van der Waals surface area contributed by atoms with E-state index in [1.54, 1.807) is 0 Å². The van der Waals surface area contributed by atoms with Gasteiger partial charge in [0.15, 0.2) is 0 Å². The monoisotopic (exact) mass is 284 g/mol. The Morgan fingerprint density at radius 1 is 1.15 bits per heavy atom. The average molecular weight is 284 g/mol. The maximum absolute atomic E-state index is 11.6. The van der Waals surface area contributed by atoms with E-state index in [0.717, 1.165) is 32.7 Å². The standard InChI is InChI=1S/C14H28N4O2/c1-12(2)17-14(20)5-3-4-13(19)16-8-11-18-9-6-15-7-10-18/h12,15H,3-11H2,1-2H3,(H,16,19)(H,17,20). The zero-order chi connectivity index (χ0) is 14.8. The summed E-state index contributed by atoms with van der Waals surface area (Å²) < 4.78 is 0. The number of rotatable bonds is 8. The molecule has 0 aromatic carbocycles. The molecule has 0 radical (unpaired) electrons. The molecule has 3 N–H and O–H groups in total. The highest BCUT2D eigenvalue weighted by Crippen LogP contribution is 1.96. The van der Waals surface area contributed by atoms with E-state index in [4.69, 9.17) is 0 Å². The van der Waals surface area contributed by atoms with E-state index < -0.39 is 0 Å². The molecule has 0 unspecified atom stereocenters. The predicted molar refractivity (Wildman–Crippen MR) is 79.4 cm³/mol. The minimum absolute atomic E-state index is 0.0219. The molecule has 0 saturated carbocycles. The van der Waals surface area contributed by atoms with Gasteiger partial charge in [0, 0.05) is 58.2 Å². The van der Waals surface area contributed by atoms with Gasteiger partial charge in [0.1, 0.15) is 0 Å². The van der Waals surface area contributed by atoms with Gasteiger partial charge < -0.3 is 16.0 Å². The molecule has 1 fully saturated rings. The summed E-state index contributed by atoms with van der Waals surface area (Å²) in [6.45, 7) is 9.61.